The minimum Gasteiger partial charge on any atom is -0.383 e. The summed E-state index contributed by atoms with van der Waals surface area (Å²) in [6.07, 6.45) is 3.47. The Labute approximate surface area is 112 Å². The Hall–Kier alpha value is -0.860. The number of hydrogen-bond donors (Lipinski definition) is 1. The highest BCUT2D eigenvalue weighted by Crippen LogP contribution is 2.15. The fourth-order valence-electron chi connectivity index (χ4n) is 2.20. The van der Waals surface area contributed by atoms with Gasteiger partial charge in [0.2, 0.25) is 0 Å². The molecule has 0 bridgehead atoms. The van der Waals surface area contributed by atoms with Gasteiger partial charge in [-0.25, -0.2) is 0 Å². The van der Waals surface area contributed by atoms with Crippen molar-refractivity contribution in [2.75, 3.05) is 13.7 Å². The molecule has 2 nitrogen and oxygen atoms in total. The molecular weight excluding hydrogens is 222 g/mol. The Kier molecular flexibility index (Phi) is 6.99. The summed E-state index contributed by atoms with van der Waals surface area (Å²) in [5.74, 6) is 0. The molecule has 2 unspecified atom stereocenters. The lowest BCUT2D eigenvalue weighted by molar-refractivity contribution is 0.159. The van der Waals surface area contributed by atoms with Gasteiger partial charge in [0, 0.05) is 19.2 Å². The van der Waals surface area contributed by atoms with Crippen molar-refractivity contribution < 1.29 is 4.74 Å². The lowest BCUT2D eigenvalue weighted by Gasteiger charge is -2.22. The Bertz CT molecular complexity index is 320. The number of benzene rings is 1. The van der Waals surface area contributed by atoms with Gasteiger partial charge in [-0.15, -0.1) is 0 Å². The SMILES string of the molecule is CCCc1ccc(C(C)NC(CC)COC)cc1. The first-order chi connectivity index (χ1) is 8.71. The third-order valence-corrected chi connectivity index (χ3v) is 3.36. The number of aryl methyl sites for hydroxylation is 1. The molecule has 1 N–H and O–H groups in total. The van der Waals surface area contributed by atoms with E-state index in [4.69, 9.17) is 4.74 Å². The lowest BCUT2D eigenvalue weighted by Crippen LogP contribution is -2.34. The van der Waals surface area contributed by atoms with Gasteiger partial charge in [-0.2, -0.15) is 0 Å². The van der Waals surface area contributed by atoms with Gasteiger partial charge in [0.05, 0.1) is 6.61 Å². The molecule has 1 aromatic carbocycles. The van der Waals surface area contributed by atoms with Crippen LogP contribution in [0.2, 0.25) is 0 Å². The van der Waals surface area contributed by atoms with Crippen LogP contribution in [0.15, 0.2) is 24.3 Å². The summed E-state index contributed by atoms with van der Waals surface area (Å²) in [6.45, 7) is 7.39. The van der Waals surface area contributed by atoms with Crippen LogP contribution >= 0.6 is 0 Å². The molecule has 2 heteroatoms. The van der Waals surface area contributed by atoms with Crippen molar-refractivity contribution in [2.45, 2.75) is 52.1 Å². The number of rotatable bonds is 8. The predicted molar refractivity (Wildman–Crippen MR) is 77.9 cm³/mol. The van der Waals surface area contributed by atoms with E-state index in [0.29, 0.717) is 12.1 Å². The van der Waals surface area contributed by atoms with Crippen molar-refractivity contribution in [1.29, 1.82) is 0 Å². The normalized spacial score (nSPS) is 14.4. The van der Waals surface area contributed by atoms with Gasteiger partial charge in [0.1, 0.15) is 0 Å². The van der Waals surface area contributed by atoms with E-state index < -0.39 is 0 Å². The molecule has 0 radical (unpaired) electrons. The molecule has 1 aromatic rings. The molecule has 2 atom stereocenters. The summed E-state index contributed by atoms with van der Waals surface area (Å²) in [4.78, 5) is 0. The van der Waals surface area contributed by atoms with Crippen LogP contribution in [-0.4, -0.2) is 19.8 Å². The highest BCUT2D eigenvalue weighted by atomic mass is 16.5. The third kappa shape index (κ3) is 4.79. The van der Waals surface area contributed by atoms with Crippen LogP contribution in [0.1, 0.15) is 50.8 Å². The molecule has 0 heterocycles. The number of nitrogens with one attached hydrogen (secondary N) is 1. The first-order valence-corrected chi connectivity index (χ1v) is 7.05. The summed E-state index contributed by atoms with van der Waals surface area (Å²) < 4.78 is 5.22. The molecule has 0 aliphatic rings. The average molecular weight is 249 g/mol. The molecule has 0 spiro atoms. The van der Waals surface area contributed by atoms with Gasteiger partial charge in [-0.05, 0) is 30.9 Å². The average Bonchev–Trinajstić information content (AvgIpc) is 2.39. The summed E-state index contributed by atoms with van der Waals surface area (Å²) in [5, 5.41) is 3.61. The highest BCUT2D eigenvalue weighted by Gasteiger charge is 2.11. The van der Waals surface area contributed by atoms with E-state index in [1.165, 1.54) is 24.0 Å². The third-order valence-electron chi connectivity index (χ3n) is 3.36. The second-order valence-corrected chi connectivity index (χ2v) is 4.94. The molecule has 102 valence electrons. The molecule has 0 aliphatic carbocycles. The van der Waals surface area contributed by atoms with E-state index in [1.807, 2.05) is 0 Å². The van der Waals surface area contributed by atoms with E-state index in [2.05, 4.69) is 50.4 Å². The molecule has 0 aliphatic heterocycles. The van der Waals surface area contributed by atoms with Crippen molar-refractivity contribution in [1.82, 2.24) is 5.32 Å². The van der Waals surface area contributed by atoms with Gasteiger partial charge in [-0.3, -0.25) is 0 Å². The summed E-state index contributed by atoms with van der Waals surface area (Å²) in [6, 6.07) is 9.77. The van der Waals surface area contributed by atoms with E-state index in [0.717, 1.165) is 13.0 Å². The Balaban J connectivity index is 2.57. The van der Waals surface area contributed by atoms with Crippen LogP contribution in [-0.2, 0) is 11.2 Å². The molecule has 0 amide bonds. The smallest absolute Gasteiger partial charge is 0.0615 e. The molecule has 0 fully saturated rings. The van der Waals surface area contributed by atoms with Crippen LogP contribution in [0.5, 0.6) is 0 Å². The van der Waals surface area contributed by atoms with E-state index in [1.54, 1.807) is 7.11 Å². The fraction of sp³-hybridized carbons (Fsp3) is 0.625. The zero-order valence-corrected chi connectivity index (χ0v) is 12.2. The highest BCUT2D eigenvalue weighted by molar-refractivity contribution is 5.24. The van der Waals surface area contributed by atoms with Gasteiger partial charge in [-0.1, -0.05) is 44.5 Å². The Morgan fingerprint density at radius 3 is 2.33 bits per heavy atom. The molecule has 1 rings (SSSR count). The quantitative estimate of drug-likeness (QED) is 0.758. The lowest BCUT2D eigenvalue weighted by atomic mass is 10.0. The maximum absolute atomic E-state index is 5.22. The van der Waals surface area contributed by atoms with Crippen LogP contribution in [0.3, 0.4) is 0 Å². The fourth-order valence-corrected chi connectivity index (χ4v) is 2.20. The van der Waals surface area contributed by atoms with E-state index in [-0.39, 0.29) is 0 Å². The number of ether oxygens (including phenoxy) is 1. The van der Waals surface area contributed by atoms with E-state index >= 15 is 0 Å². The Morgan fingerprint density at radius 1 is 1.17 bits per heavy atom. The van der Waals surface area contributed by atoms with Crippen LogP contribution in [0, 0.1) is 0 Å². The van der Waals surface area contributed by atoms with Crippen LogP contribution in [0.25, 0.3) is 0 Å². The van der Waals surface area contributed by atoms with Gasteiger partial charge in [0.25, 0.3) is 0 Å². The van der Waals surface area contributed by atoms with Gasteiger partial charge >= 0.3 is 0 Å². The van der Waals surface area contributed by atoms with Crippen molar-refractivity contribution in [3.05, 3.63) is 35.4 Å². The monoisotopic (exact) mass is 249 g/mol. The number of hydrogen-bond acceptors (Lipinski definition) is 2. The molecular formula is C16H27NO. The molecule has 0 aromatic heterocycles. The van der Waals surface area contributed by atoms with Crippen molar-refractivity contribution in [3.63, 3.8) is 0 Å². The Morgan fingerprint density at radius 2 is 1.83 bits per heavy atom. The first kappa shape index (κ1) is 15.2. The second kappa shape index (κ2) is 8.28. The topological polar surface area (TPSA) is 21.3 Å². The maximum Gasteiger partial charge on any atom is 0.0615 e. The number of methoxy groups -OCH3 is 1. The standard InChI is InChI=1S/C16H27NO/c1-5-7-14-8-10-15(11-9-14)13(3)17-16(6-2)12-18-4/h8-11,13,16-17H,5-7,12H2,1-4H3. The van der Waals surface area contributed by atoms with E-state index in [9.17, 15) is 0 Å². The van der Waals surface area contributed by atoms with Crippen molar-refractivity contribution in [3.8, 4) is 0 Å². The summed E-state index contributed by atoms with van der Waals surface area (Å²) in [5.41, 5.74) is 2.78. The minimum atomic E-state index is 0.376. The van der Waals surface area contributed by atoms with Crippen LogP contribution in [0.4, 0.5) is 0 Å². The maximum atomic E-state index is 5.22. The molecule has 0 saturated carbocycles. The van der Waals surface area contributed by atoms with Crippen LogP contribution < -0.4 is 5.32 Å². The largest absolute Gasteiger partial charge is 0.383 e. The van der Waals surface area contributed by atoms with Gasteiger partial charge in [0.15, 0.2) is 0 Å². The summed E-state index contributed by atoms with van der Waals surface area (Å²) >= 11 is 0. The molecule has 18 heavy (non-hydrogen) atoms. The minimum absolute atomic E-state index is 0.376. The van der Waals surface area contributed by atoms with Crippen molar-refractivity contribution in [2.24, 2.45) is 0 Å². The predicted octanol–water partition coefficient (Wildman–Crippen LogP) is 3.71. The first-order valence-electron chi connectivity index (χ1n) is 7.05. The van der Waals surface area contributed by atoms with Gasteiger partial charge < -0.3 is 10.1 Å². The van der Waals surface area contributed by atoms with Crippen molar-refractivity contribution >= 4 is 0 Å². The molecule has 0 saturated heterocycles. The zero-order valence-electron chi connectivity index (χ0n) is 12.2. The second-order valence-electron chi connectivity index (χ2n) is 4.94. The zero-order chi connectivity index (χ0) is 13.4. The summed E-state index contributed by atoms with van der Waals surface area (Å²) in [7, 11) is 1.76.